The number of aromatic nitrogens is 7. The third kappa shape index (κ3) is 4.51. The van der Waals surface area contributed by atoms with Crippen LogP contribution in [0.1, 0.15) is 41.4 Å². The molecule has 2 N–H and O–H groups in total. The number of nitrogens with zero attached hydrogens (tertiary/aromatic N) is 6. The third-order valence-corrected chi connectivity index (χ3v) is 8.45. The number of carbonyl (C=O) groups excluding carboxylic acids is 1. The van der Waals surface area contributed by atoms with Crippen LogP contribution in [0, 0.1) is 0 Å². The first-order chi connectivity index (χ1) is 19.1. The average Bonchev–Trinajstić information content (AvgIpc) is 3.71. The predicted molar refractivity (Wildman–Crippen MR) is 152 cm³/mol. The van der Waals surface area contributed by atoms with Crippen LogP contribution in [0.3, 0.4) is 0 Å². The number of ketones is 1. The molecule has 1 aliphatic rings. The third-order valence-electron chi connectivity index (χ3n) is 7.23. The Balaban J connectivity index is 1.25. The van der Waals surface area contributed by atoms with Crippen LogP contribution in [0.15, 0.2) is 55.2 Å². The SMILES string of the molecule is CC(=O)c1ccc(-c2cncc3[nH]c(-c4n[nH]c5cnc(-c6cncc(CN7CCCCC7)c6)cc45)nc23)s1. The highest BCUT2D eigenvalue weighted by atomic mass is 32.1. The van der Waals surface area contributed by atoms with Crippen molar-refractivity contribution in [2.75, 3.05) is 13.1 Å². The summed E-state index contributed by atoms with van der Waals surface area (Å²) in [4.78, 5) is 37.9. The number of pyridine rings is 3. The van der Waals surface area contributed by atoms with Crippen molar-refractivity contribution in [3.8, 4) is 33.2 Å². The zero-order valence-electron chi connectivity index (χ0n) is 21.4. The number of nitrogens with one attached hydrogen (secondary N) is 2. The Kier molecular flexibility index (Phi) is 5.98. The quantitative estimate of drug-likeness (QED) is 0.257. The second-order valence-electron chi connectivity index (χ2n) is 9.99. The molecule has 39 heavy (non-hydrogen) atoms. The van der Waals surface area contributed by atoms with E-state index in [4.69, 9.17) is 9.97 Å². The monoisotopic (exact) mass is 534 g/mol. The van der Waals surface area contributed by atoms with Crippen LogP contribution in [-0.2, 0) is 6.54 Å². The van der Waals surface area contributed by atoms with Crippen molar-refractivity contribution in [3.63, 3.8) is 0 Å². The van der Waals surface area contributed by atoms with E-state index in [2.05, 4.69) is 36.1 Å². The number of imidazole rings is 1. The lowest BCUT2D eigenvalue weighted by Crippen LogP contribution is -2.29. The van der Waals surface area contributed by atoms with Crippen molar-refractivity contribution in [3.05, 3.63) is 65.7 Å². The lowest BCUT2D eigenvalue weighted by Gasteiger charge is -2.26. The molecule has 0 unspecified atom stereocenters. The highest BCUT2D eigenvalue weighted by Crippen LogP contribution is 2.35. The van der Waals surface area contributed by atoms with Gasteiger partial charge in [-0.3, -0.25) is 29.7 Å². The molecule has 0 saturated carbocycles. The Bertz CT molecular complexity index is 1830. The van der Waals surface area contributed by atoms with E-state index >= 15 is 0 Å². The number of fused-ring (bicyclic) bond motifs is 2. The topological polar surface area (TPSA) is 116 Å². The van der Waals surface area contributed by atoms with Crippen LogP contribution >= 0.6 is 11.3 Å². The van der Waals surface area contributed by atoms with Gasteiger partial charge in [-0.15, -0.1) is 11.3 Å². The summed E-state index contributed by atoms with van der Waals surface area (Å²) in [6, 6.07) is 8.02. The highest BCUT2D eigenvalue weighted by molar-refractivity contribution is 7.17. The van der Waals surface area contributed by atoms with Gasteiger partial charge >= 0.3 is 0 Å². The summed E-state index contributed by atoms with van der Waals surface area (Å²) in [6.45, 7) is 4.78. The fourth-order valence-corrected chi connectivity index (χ4v) is 6.15. The van der Waals surface area contributed by atoms with Crippen LogP contribution in [0.2, 0.25) is 0 Å². The van der Waals surface area contributed by atoms with Crippen molar-refractivity contribution in [2.45, 2.75) is 32.7 Å². The zero-order valence-corrected chi connectivity index (χ0v) is 22.3. The molecule has 6 aromatic heterocycles. The average molecular weight is 535 g/mol. The largest absolute Gasteiger partial charge is 0.335 e. The fourth-order valence-electron chi connectivity index (χ4n) is 5.24. The van der Waals surface area contributed by atoms with Gasteiger partial charge in [0.2, 0.25) is 0 Å². The summed E-state index contributed by atoms with van der Waals surface area (Å²) in [5, 5.41) is 8.59. The Morgan fingerprint density at radius 1 is 1.00 bits per heavy atom. The number of aromatic amines is 2. The normalized spacial score (nSPS) is 14.4. The molecule has 0 spiro atoms. The molecule has 0 amide bonds. The standard InChI is InChI=1S/C29H26N8OS/c1-17(38)25-5-6-26(39-25)21-13-31-14-24-27(21)34-29(33-24)28-20-10-22(32-15-23(20)35-36-28)19-9-18(11-30-12-19)16-37-7-3-2-4-8-37/h5-6,9-15H,2-4,7-8,16H2,1H3,(H,33,34)(H,35,36). The molecule has 7 heterocycles. The molecule has 1 fully saturated rings. The second kappa shape index (κ2) is 9.79. The molecule has 1 aliphatic heterocycles. The van der Waals surface area contributed by atoms with Gasteiger partial charge in [0, 0.05) is 46.5 Å². The summed E-state index contributed by atoms with van der Waals surface area (Å²) in [5.74, 6) is 0.691. The predicted octanol–water partition coefficient (Wildman–Crippen LogP) is 5.88. The number of hydrogen-bond acceptors (Lipinski definition) is 8. The van der Waals surface area contributed by atoms with Gasteiger partial charge in [-0.2, -0.15) is 5.10 Å². The summed E-state index contributed by atoms with van der Waals surface area (Å²) in [7, 11) is 0. The van der Waals surface area contributed by atoms with Gasteiger partial charge in [0.1, 0.15) is 11.2 Å². The first kappa shape index (κ1) is 23.8. The van der Waals surface area contributed by atoms with Crippen molar-refractivity contribution in [1.29, 1.82) is 0 Å². The Labute approximate surface area is 228 Å². The van der Waals surface area contributed by atoms with Crippen LogP contribution in [0.4, 0.5) is 0 Å². The Morgan fingerprint density at radius 3 is 2.72 bits per heavy atom. The number of likely N-dealkylation sites (tertiary alicyclic amines) is 1. The maximum absolute atomic E-state index is 11.8. The molecule has 1 saturated heterocycles. The van der Waals surface area contributed by atoms with Gasteiger partial charge in [0.25, 0.3) is 0 Å². The number of thiophene rings is 1. The fraction of sp³-hybridized carbons (Fsp3) is 0.241. The summed E-state index contributed by atoms with van der Waals surface area (Å²) >= 11 is 1.45. The lowest BCUT2D eigenvalue weighted by molar-refractivity contribution is 0.102. The molecule has 0 bridgehead atoms. The van der Waals surface area contributed by atoms with E-state index in [0.717, 1.165) is 63.3 Å². The molecule has 0 aromatic carbocycles. The summed E-state index contributed by atoms with van der Waals surface area (Å²) < 4.78 is 0. The summed E-state index contributed by atoms with van der Waals surface area (Å²) in [6.07, 6.45) is 13.0. The highest BCUT2D eigenvalue weighted by Gasteiger charge is 2.18. The van der Waals surface area contributed by atoms with Crippen LogP contribution < -0.4 is 0 Å². The molecule has 9 nitrogen and oxygen atoms in total. The van der Waals surface area contributed by atoms with Gasteiger partial charge in [0.05, 0.1) is 34.0 Å². The molecule has 194 valence electrons. The van der Waals surface area contributed by atoms with Crippen LogP contribution in [-0.4, -0.2) is 58.9 Å². The van der Waals surface area contributed by atoms with Crippen LogP contribution in [0.25, 0.3) is 55.2 Å². The maximum Gasteiger partial charge on any atom is 0.169 e. The first-order valence-corrected chi connectivity index (χ1v) is 13.9. The minimum Gasteiger partial charge on any atom is -0.335 e. The first-order valence-electron chi connectivity index (χ1n) is 13.1. The molecule has 0 aliphatic carbocycles. The van der Waals surface area contributed by atoms with Gasteiger partial charge < -0.3 is 4.98 Å². The molecule has 10 heteroatoms. The van der Waals surface area contributed by atoms with Gasteiger partial charge in [-0.05, 0) is 62.7 Å². The van der Waals surface area contributed by atoms with Gasteiger partial charge in [0.15, 0.2) is 11.6 Å². The van der Waals surface area contributed by atoms with Crippen molar-refractivity contribution in [1.82, 2.24) is 40.0 Å². The van der Waals surface area contributed by atoms with E-state index in [1.165, 1.54) is 36.2 Å². The Hall–Kier alpha value is -4.28. The minimum atomic E-state index is 0.0498. The maximum atomic E-state index is 11.8. The zero-order chi connectivity index (χ0) is 26.3. The molecular weight excluding hydrogens is 508 g/mol. The molecule has 7 rings (SSSR count). The molecular formula is C29H26N8OS. The van der Waals surface area contributed by atoms with Crippen LogP contribution in [0.5, 0.6) is 0 Å². The molecule has 0 atom stereocenters. The minimum absolute atomic E-state index is 0.0498. The number of rotatable bonds is 6. The summed E-state index contributed by atoms with van der Waals surface area (Å²) in [5.41, 5.74) is 7.03. The van der Waals surface area contributed by atoms with Crippen molar-refractivity contribution in [2.24, 2.45) is 0 Å². The van der Waals surface area contributed by atoms with E-state index in [-0.39, 0.29) is 5.78 Å². The van der Waals surface area contributed by atoms with Crippen molar-refractivity contribution < 1.29 is 4.79 Å². The van der Waals surface area contributed by atoms with E-state index < -0.39 is 0 Å². The number of carbonyl (C=O) groups is 1. The van der Waals surface area contributed by atoms with E-state index in [1.807, 2.05) is 36.8 Å². The number of hydrogen-bond donors (Lipinski definition) is 2. The van der Waals surface area contributed by atoms with Gasteiger partial charge in [-0.1, -0.05) is 6.42 Å². The number of Topliss-reactive ketones (excluding diaryl/α,β-unsaturated/α-hetero) is 1. The van der Waals surface area contributed by atoms with E-state index in [0.29, 0.717) is 16.4 Å². The Morgan fingerprint density at radius 2 is 1.87 bits per heavy atom. The molecule has 6 aromatic rings. The molecule has 0 radical (unpaired) electrons. The van der Waals surface area contributed by atoms with E-state index in [9.17, 15) is 4.79 Å². The lowest BCUT2D eigenvalue weighted by atomic mass is 10.1. The second-order valence-corrected chi connectivity index (χ2v) is 11.1. The van der Waals surface area contributed by atoms with Crippen molar-refractivity contribution >= 4 is 39.1 Å². The number of H-pyrrole nitrogens is 2. The van der Waals surface area contributed by atoms with Gasteiger partial charge in [-0.25, -0.2) is 4.98 Å². The van der Waals surface area contributed by atoms with E-state index in [1.54, 1.807) is 19.3 Å². The number of piperidine rings is 1. The smallest absolute Gasteiger partial charge is 0.169 e.